The zero-order valence-corrected chi connectivity index (χ0v) is 17.1. The number of nitrogens with zero attached hydrogens (tertiary/aromatic N) is 2. The Labute approximate surface area is 168 Å². The van der Waals surface area contributed by atoms with Crippen molar-refractivity contribution in [1.29, 1.82) is 0 Å². The zero-order valence-electron chi connectivity index (χ0n) is 14.8. The number of anilines is 1. The van der Waals surface area contributed by atoms with Gasteiger partial charge in [0.25, 0.3) is 0 Å². The lowest BCUT2D eigenvalue weighted by Crippen LogP contribution is -2.28. The van der Waals surface area contributed by atoms with E-state index < -0.39 is 15.3 Å². The summed E-state index contributed by atoms with van der Waals surface area (Å²) in [5, 5.41) is 3.53. The van der Waals surface area contributed by atoms with E-state index in [1.54, 1.807) is 43.3 Å². The highest BCUT2D eigenvalue weighted by Crippen LogP contribution is 2.25. The summed E-state index contributed by atoms with van der Waals surface area (Å²) in [6.45, 7) is 2.88. The number of hydrogen-bond acceptors (Lipinski definition) is 5. The third-order valence-corrected chi connectivity index (χ3v) is 7.34. The highest BCUT2D eigenvalue weighted by atomic mass is 35.5. The number of benzene rings is 1. The Balaban J connectivity index is 1.62. The average Bonchev–Trinajstić information content (AvgIpc) is 3.17. The maximum absolute atomic E-state index is 12.5. The van der Waals surface area contributed by atoms with Crippen LogP contribution in [-0.2, 0) is 14.8 Å². The van der Waals surface area contributed by atoms with E-state index in [1.807, 2.05) is 0 Å². The molecule has 2 heterocycles. The number of nitrogens with one attached hydrogen (secondary N) is 1. The predicted octanol–water partition coefficient (Wildman–Crippen LogP) is 3.64. The number of rotatable bonds is 6. The molecule has 1 aromatic heterocycles. The van der Waals surface area contributed by atoms with Crippen molar-refractivity contribution in [3.8, 4) is 0 Å². The van der Waals surface area contributed by atoms with Crippen molar-refractivity contribution in [3.63, 3.8) is 0 Å². The van der Waals surface area contributed by atoms with Crippen molar-refractivity contribution in [2.45, 2.75) is 34.9 Å². The summed E-state index contributed by atoms with van der Waals surface area (Å²) in [4.78, 5) is 16.7. The van der Waals surface area contributed by atoms with Crippen molar-refractivity contribution >= 4 is 45.0 Å². The Bertz CT molecular complexity index is 914. The lowest BCUT2D eigenvalue weighted by Gasteiger charge is -2.15. The predicted molar refractivity (Wildman–Crippen MR) is 108 cm³/mol. The molecular weight excluding hydrogens is 406 g/mol. The normalized spacial score (nSPS) is 16.2. The number of pyridine rings is 1. The quantitative estimate of drug-likeness (QED) is 0.715. The first-order valence-corrected chi connectivity index (χ1v) is 11.3. The molecule has 0 radical (unpaired) electrons. The van der Waals surface area contributed by atoms with Crippen molar-refractivity contribution in [3.05, 3.63) is 47.6 Å². The van der Waals surface area contributed by atoms with Crippen LogP contribution in [0.15, 0.2) is 52.5 Å². The van der Waals surface area contributed by atoms with E-state index in [4.69, 9.17) is 11.6 Å². The summed E-state index contributed by atoms with van der Waals surface area (Å²) in [7, 11) is -3.48. The summed E-state index contributed by atoms with van der Waals surface area (Å²) in [6, 6.07) is 10.1. The first-order chi connectivity index (χ1) is 12.9. The van der Waals surface area contributed by atoms with Gasteiger partial charge in [0.05, 0.1) is 10.3 Å². The van der Waals surface area contributed by atoms with E-state index in [1.165, 1.54) is 22.3 Å². The first-order valence-electron chi connectivity index (χ1n) is 8.55. The molecule has 2 aromatic rings. The van der Waals surface area contributed by atoms with Crippen LogP contribution in [0.3, 0.4) is 0 Å². The third-order valence-electron chi connectivity index (χ3n) is 4.17. The fourth-order valence-electron chi connectivity index (χ4n) is 2.71. The van der Waals surface area contributed by atoms with Crippen LogP contribution in [-0.4, -0.2) is 42.0 Å². The second-order valence-electron chi connectivity index (χ2n) is 6.20. The van der Waals surface area contributed by atoms with Crippen molar-refractivity contribution in [1.82, 2.24) is 9.29 Å². The maximum atomic E-state index is 12.5. The molecule has 144 valence electrons. The largest absolute Gasteiger partial charge is 0.325 e. The molecule has 1 fully saturated rings. The molecule has 3 rings (SSSR count). The summed E-state index contributed by atoms with van der Waals surface area (Å²) in [5.74, 6) is -0.183. The molecule has 0 spiro atoms. The number of aromatic nitrogens is 1. The molecule has 0 bridgehead atoms. The van der Waals surface area contributed by atoms with Gasteiger partial charge in [-0.2, -0.15) is 4.31 Å². The highest BCUT2D eigenvalue weighted by molar-refractivity contribution is 8.00. The van der Waals surface area contributed by atoms with Gasteiger partial charge in [-0.3, -0.25) is 4.79 Å². The summed E-state index contributed by atoms with van der Waals surface area (Å²) >= 11 is 7.18. The molecule has 1 aliphatic heterocycles. The second kappa shape index (κ2) is 8.60. The Hall–Kier alpha value is -1.61. The standard InChI is InChI=1S/C18H20ClN3O3S2/c1-13(18(23)21-15-6-4-5-14(19)11-15)26-17-8-7-16(12-20-17)27(24,25)22-9-2-3-10-22/h4-8,11-13H,2-3,9-10H2,1H3,(H,21,23). The monoisotopic (exact) mass is 425 g/mol. The molecule has 1 aromatic carbocycles. The van der Waals surface area contributed by atoms with Gasteiger partial charge in [-0.1, -0.05) is 29.4 Å². The van der Waals surface area contributed by atoms with Crippen LogP contribution in [0.25, 0.3) is 0 Å². The Morgan fingerprint density at radius 2 is 2.00 bits per heavy atom. The number of hydrogen-bond donors (Lipinski definition) is 1. The minimum atomic E-state index is -3.48. The van der Waals surface area contributed by atoms with Gasteiger partial charge in [-0.05, 0) is 50.1 Å². The van der Waals surface area contributed by atoms with Gasteiger partial charge in [-0.15, -0.1) is 0 Å². The molecule has 27 heavy (non-hydrogen) atoms. The second-order valence-corrected chi connectivity index (χ2v) is 9.94. The average molecular weight is 426 g/mol. The molecule has 0 saturated carbocycles. The third kappa shape index (κ3) is 5.01. The van der Waals surface area contributed by atoms with Crippen LogP contribution in [0.2, 0.25) is 5.02 Å². The Morgan fingerprint density at radius 3 is 2.63 bits per heavy atom. The van der Waals surface area contributed by atoms with Crippen LogP contribution in [0.4, 0.5) is 5.69 Å². The topological polar surface area (TPSA) is 79.4 Å². The molecule has 1 aliphatic rings. The van der Waals surface area contributed by atoms with Crippen LogP contribution in [0, 0.1) is 0 Å². The van der Waals surface area contributed by atoms with E-state index in [9.17, 15) is 13.2 Å². The van der Waals surface area contributed by atoms with E-state index >= 15 is 0 Å². The van der Waals surface area contributed by atoms with Crippen LogP contribution in [0.1, 0.15) is 19.8 Å². The smallest absolute Gasteiger partial charge is 0.244 e. The van der Waals surface area contributed by atoms with E-state index in [2.05, 4.69) is 10.3 Å². The fraction of sp³-hybridized carbons (Fsp3) is 0.333. The molecule has 1 saturated heterocycles. The summed E-state index contributed by atoms with van der Waals surface area (Å²) < 4.78 is 26.5. The number of amides is 1. The van der Waals surface area contributed by atoms with Crippen molar-refractivity contribution in [2.75, 3.05) is 18.4 Å². The van der Waals surface area contributed by atoms with Gasteiger partial charge in [0.2, 0.25) is 15.9 Å². The lowest BCUT2D eigenvalue weighted by atomic mass is 10.3. The van der Waals surface area contributed by atoms with Crippen LogP contribution in [0.5, 0.6) is 0 Å². The molecule has 1 amide bonds. The molecular formula is C18H20ClN3O3S2. The number of carbonyl (C=O) groups is 1. The minimum Gasteiger partial charge on any atom is -0.325 e. The van der Waals surface area contributed by atoms with E-state index in [-0.39, 0.29) is 10.8 Å². The van der Waals surface area contributed by atoms with Crippen molar-refractivity contribution in [2.24, 2.45) is 0 Å². The van der Waals surface area contributed by atoms with Gasteiger partial charge in [0.1, 0.15) is 4.90 Å². The van der Waals surface area contributed by atoms with Crippen LogP contribution >= 0.6 is 23.4 Å². The van der Waals surface area contributed by atoms with Gasteiger partial charge in [-0.25, -0.2) is 13.4 Å². The van der Waals surface area contributed by atoms with Gasteiger partial charge < -0.3 is 5.32 Å². The van der Waals surface area contributed by atoms with E-state index in [0.29, 0.717) is 28.8 Å². The Kier molecular flexibility index (Phi) is 6.41. The SMILES string of the molecule is CC(Sc1ccc(S(=O)(=O)N2CCCC2)cn1)C(=O)Nc1cccc(Cl)c1. The molecule has 1 N–H and O–H groups in total. The van der Waals surface area contributed by atoms with E-state index in [0.717, 1.165) is 12.8 Å². The number of sulfonamides is 1. The van der Waals surface area contributed by atoms with Gasteiger partial charge in [0, 0.05) is 30.0 Å². The Morgan fingerprint density at radius 1 is 1.26 bits per heavy atom. The summed E-state index contributed by atoms with van der Waals surface area (Å²) in [6.07, 6.45) is 3.14. The fourth-order valence-corrected chi connectivity index (χ4v) is 5.15. The number of thioether (sulfide) groups is 1. The molecule has 1 atom stereocenters. The molecule has 9 heteroatoms. The van der Waals surface area contributed by atoms with Gasteiger partial charge >= 0.3 is 0 Å². The zero-order chi connectivity index (χ0) is 19.4. The number of carbonyl (C=O) groups excluding carboxylic acids is 1. The maximum Gasteiger partial charge on any atom is 0.244 e. The summed E-state index contributed by atoms with van der Waals surface area (Å²) in [5.41, 5.74) is 0.625. The molecule has 0 aliphatic carbocycles. The molecule has 1 unspecified atom stereocenters. The highest BCUT2D eigenvalue weighted by Gasteiger charge is 2.27. The van der Waals surface area contributed by atoms with Crippen molar-refractivity contribution < 1.29 is 13.2 Å². The lowest BCUT2D eigenvalue weighted by molar-refractivity contribution is -0.115. The minimum absolute atomic E-state index is 0.183. The number of halogens is 1. The first kappa shape index (κ1) is 20.1. The van der Waals surface area contributed by atoms with Crippen LogP contribution < -0.4 is 5.32 Å². The van der Waals surface area contributed by atoms with Gasteiger partial charge in [0.15, 0.2) is 0 Å². The molecule has 6 nitrogen and oxygen atoms in total.